The van der Waals surface area contributed by atoms with Crippen molar-refractivity contribution in [3.8, 4) is 0 Å². The summed E-state index contributed by atoms with van der Waals surface area (Å²) >= 11 is 0. The van der Waals surface area contributed by atoms with Gasteiger partial charge in [-0.3, -0.25) is 10.1 Å². The molecule has 0 atom stereocenters. The van der Waals surface area contributed by atoms with E-state index in [1.165, 1.54) is 0 Å². The number of primary amides is 1. The summed E-state index contributed by atoms with van der Waals surface area (Å²) in [5, 5.41) is 8.82. The van der Waals surface area contributed by atoms with E-state index in [0.717, 1.165) is 10.9 Å². The Morgan fingerprint density at radius 3 is 2.79 bits per heavy atom. The Bertz CT molecular complexity index is 896. The van der Waals surface area contributed by atoms with E-state index in [4.69, 9.17) is 10.2 Å². The van der Waals surface area contributed by atoms with Crippen LogP contribution in [-0.2, 0) is 6.54 Å². The van der Waals surface area contributed by atoms with Gasteiger partial charge in [0.05, 0.1) is 12.1 Å². The molecule has 0 aliphatic heterocycles. The topological polar surface area (TPSA) is 125 Å². The molecule has 0 fully saturated rings. The van der Waals surface area contributed by atoms with E-state index in [1.807, 2.05) is 24.3 Å². The number of benzene rings is 1. The molecule has 0 saturated carbocycles. The van der Waals surface area contributed by atoms with E-state index in [2.05, 4.69) is 20.9 Å². The Morgan fingerprint density at radius 1 is 1.25 bits per heavy atom. The van der Waals surface area contributed by atoms with Crippen molar-refractivity contribution in [2.24, 2.45) is 5.73 Å². The number of para-hydroxylation sites is 1. The molecular weight excluding hydrogens is 310 g/mol. The van der Waals surface area contributed by atoms with Crippen molar-refractivity contribution in [2.75, 3.05) is 17.7 Å². The van der Waals surface area contributed by atoms with Crippen molar-refractivity contribution < 1.29 is 14.0 Å². The average molecular weight is 327 g/mol. The number of nitrogens with two attached hydrogens (primary N) is 1. The van der Waals surface area contributed by atoms with E-state index < -0.39 is 6.03 Å². The summed E-state index contributed by atoms with van der Waals surface area (Å²) in [7, 11) is 1.76. The number of urea groups is 1. The molecule has 0 bridgehead atoms. The quantitative estimate of drug-likeness (QED) is 0.492. The number of nitrogens with one attached hydrogen (secondary N) is 4. The summed E-state index contributed by atoms with van der Waals surface area (Å²) in [4.78, 5) is 26.7. The number of hydrogen-bond donors (Lipinski definition) is 5. The number of aromatic nitrogens is 1. The number of aromatic amines is 1. The summed E-state index contributed by atoms with van der Waals surface area (Å²) in [6, 6.07) is 8.32. The van der Waals surface area contributed by atoms with Crippen molar-refractivity contribution in [1.29, 1.82) is 0 Å². The van der Waals surface area contributed by atoms with E-state index in [1.54, 1.807) is 19.3 Å². The Balaban J connectivity index is 1.89. The number of rotatable bonds is 5. The van der Waals surface area contributed by atoms with Gasteiger partial charge in [-0.05, 0) is 13.1 Å². The van der Waals surface area contributed by atoms with Crippen LogP contribution in [0.5, 0.6) is 0 Å². The van der Waals surface area contributed by atoms with E-state index in [-0.39, 0.29) is 11.8 Å². The van der Waals surface area contributed by atoms with Gasteiger partial charge in [0.1, 0.15) is 11.4 Å². The van der Waals surface area contributed by atoms with Crippen LogP contribution in [0.3, 0.4) is 0 Å². The minimum atomic E-state index is -0.741. The summed E-state index contributed by atoms with van der Waals surface area (Å²) in [5.74, 6) is 0.329. The minimum Gasteiger partial charge on any atom is -0.442 e. The van der Waals surface area contributed by atoms with Gasteiger partial charge in [-0.1, -0.05) is 18.2 Å². The number of hydrogen-bond acceptors (Lipinski definition) is 4. The fourth-order valence-corrected chi connectivity index (χ4v) is 2.45. The van der Waals surface area contributed by atoms with Gasteiger partial charge in [-0.2, -0.15) is 0 Å². The molecule has 0 saturated heterocycles. The molecular formula is C16H17N5O3. The van der Waals surface area contributed by atoms with Crippen molar-refractivity contribution in [3.63, 3.8) is 0 Å². The minimum absolute atomic E-state index is 0.134. The molecule has 8 heteroatoms. The number of furan rings is 1. The molecule has 3 rings (SSSR count). The van der Waals surface area contributed by atoms with Crippen molar-refractivity contribution in [3.05, 3.63) is 47.9 Å². The van der Waals surface area contributed by atoms with Crippen LogP contribution in [-0.4, -0.2) is 24.0 Å². The highest BCUT2D eigenvalue weighted by Crippen LogP contribution is 2.28. The third-order valence-electron chi connectivity index (χ3n) is 3.45. The molecule has 24 heavy (non-hydrogen) atoms. The van der Waals surface area contributed by atoms with Crippen molar-refractivity contribution in [1.82, 2.24) is 10.3 Å². The lowest BCUT2D eigenvalue weighted by Gasteiger charge is -2.04. The first-order valence-electron chi connectivity index (χ1n) is 7.29. The Morgan fingerprint density at radius 2 is 2.04 bits per heavy atom. The van der Waals surface area contributed by atoms with Gasteiger partial charge in [0, 0.05) is 23.2 Å². The van der Waals surface area contributed by atoms with Gasteiger partial charge in [-0.25, -0.2) is 4.79 Å². The molecule has 2 heterocycles. The molecule has 1 aromatic carbocycles. The second-order valence-corrected chi connectivity index (χ2v) is 5.18. The van der Waals surface area contributed by atoms with E-state index >= 15 is 0 Å². The van der Waals surface area contributed by atoms with Crippen LogP contribution >= 0.6 is 0 Å². The third kappa shape index (κ3) is 3.08. The lowest BCUT2D eigenvalue weighted by atomic mass is 10.1. The molecule has 6 N–H and O–H groups in total. The maximum absolute atomic E-state index is 12.5. The monoisotopic (exact) mass is 327 g/mol. The first-order chi connectivity index (χ1) is 11.6. The number of fused-ring (bicyclic) bond motifs is 1. The molecule has 3 aromatic rings. The molecule has 2 aromatic heterocycles. The predicted octanol–water partition coefficient (Wildman–Crippen LogP) is 2.22. The molecule has 3 amide bonds. The second kappa shape index (κ2) is 6.47. The van der Waals surface area contributed by atoms with Crippen LogP contribution in [0.25, 0.3) is 10.9 Å². The fraction of sp³-hybridized carbons (Fsp3) is 0.125. The predicted molar refractivity (Wildman–Crippen MR) is 90.9 cm³/mol. The van der Waals surface area contributed by atoms with Gasteiger partial charge < -0.3 is 25.8 Å². The van der Waals surface area contributed by atoms with Crippen LogP contribution in [0.4, 0.5) is 16.4 Å². The van der Waals surface area contributed by atoms with Crippen LogP contribution < -0.4 is 21.7 Å². The lowest BCUT2D eigenvalue weighted by molar-refractivity contribution is 0.102. The molecule has 124 valence electrons. The second-order valence-electron chi connectivity index (χ2n) is 5.18. The largest absolute Gasteiger partial charge is 0.442 e. The van der Waals surface area contributed by atoms with Gasteiger partial charge >= 0.3 is 6.03 Å². The zero-order valence-corrected chi connectivity index (χ0v) is 13.0. The molecule has 0 aliphatic carbocycles. The molecule has 0 radical (unpaired) electrons. The third-order valence-corrected chi connectivity index (χ3v) is 3.45. The van der Waals surface area contributed by atoms with Crippen molar-refractivity contribution >= 4 is 34.4 Å². The number of carbonyl (C=O) groups excluding carboxylic acids is 2. The Hall–Kier alpha value is -3.26. The standard InChI is InChI=1S/C16H17N5O3/c1-18-7-9-6-13(20-16(17)23)15(24-9)21-14(22)11-8-19-12-5-3-2-4-10(11)12/h2-6,8,18-19H,7H2,1H3,(H,21,22)(H3,17,20,23). The van der Waals surface area contributed by atoms with E-state index in [0.29, 0.717) is 23.6 Å². The first-order valence-corrected chi connectivity index (χ1v) is 7.29. The number of carbonyl (C=O) groups is 2. The van der Waals surface area contributed by atoms with Crippen molar-refractivity contribution in [2.45, 2.75) is 6.54 Å². The van der Waals surface area contributed by atoms with Crippen LogP contribution in [0.15, 0.2) is 40.9 Å². The Labute approximate surface area is 137 Å². The summed E-state index contributed by atoms with van der Waals surface area (Å²) in [6.45, 7) is 0.441. The zero-order chi connectivity index (χ0) is 17.1. The normalized spacial score (nSPS) is 10.7. The molecule has 0 unspecified atom stereocenters. The summed E-state index contributed by atoms with van der Waals surface area (Å²) < 4.78 is 5.56. The molecule has 0 aliphatic rings. The van der Waals surface area contributed by atoms with Gasteiger partial charge in [0.2, 0.25) is 5.88 Å². The van der Waals surface area contributed by atoms with Gasteiger partial charge in [0.15, 0.2) is 0 Å². The fourth-order valence-electron chi connectivity index (χ4n) is 2.45. The summed E-state index contributed by atoms with van der Waals surface area (Å²) in [5.41, 5.74) is 6.79. The highest BCUT2D eigenvalue weighted by molar-refractivity contribution is 6.13. The van der Waals surface area contributed by atoms with Crippen LogP contribution in [0, 0.1) is 0 Å². The van der Waals surface area contributed by atoms with Crippen LogP contribution in [0.1, 0.15) is 16.1 Å². The maximum Gasteiger partial charge on any atom is 0.316 e. The SMILES string of the molecule is CNCc1cc(NC(N)=O)c(NC(=O)c2c[nH]c3ccccc23)o1. The Kier molecular flexibility index (Phi) is 4.21. The maximum atomic E-state index is 12.5. The van der Waals surface area contributed by atoms with Crippen LogP contribution in [0.2, 0.25) is 0 Å². The first kappa shape index (κ1) is 15.6. The highest BCUT2D eigenvalue weighted by atomic mass is 16.4. The van der Waals surface area contributed by atoms with Gasteiger partial charge in [0.25, 0.3) is 5.91 Å². The zero-order valence-electron chi connectivity index (χ0n) is 13.0. The molecule has 0 spiro atoms. The number of amides is 3. The highest BCUT2D eigenvalue weighted by Gasteiger charge is 2.18. The number of H-pyrrole nitrogens is 1. The average Bonchev–Trinajstić information content (AvgIpc) is 3.11. The van der Waals surface area contributed by atoms with Gasteiger partial charge in [-0.15, -0.1) is 0 Å². The molecule has 8 nitrogen and oxygen atoms in total. The lowest BCUT2D eigenvalue weighted by Crippen LogP contribution is -2.20. The number of anilines is 2. The smallest absolute Gasteiger partial charge is 0.316 e. The summed E-state index contributed by atoms with van der Waals surface area (Å²) in [6.07, 6.45) is 1.62. The van der Waals surface area contributed by atoms with E-state index in [9.17, 15) is 9.59 Å².